The Balaban J connectivity index is 2.40. The van der Waals surface area contributed by atoms with Crippen molar-refractivity contribution in [3.63, 3.8) is 0 Å². The van der Waals surface area contributed by atoms with Crippen LogP contribution in [0.15, 0.2) is 0 Å². The van der Waals surface area contributed by atoms with Crippen LogP contribution >= 0.6 is 11.8 Å². The van der Waals surface area contributed by atoms with Gasteiger partial charge in [0.2, 0.25) is 0 Å². The van der Waals surface area contributed by atoms with Gasteiger partial charge in [-0.25, -0.2) is 0 Å². The van der Waals surface area contributed by atoms with Crippen LogP contribution < -0.4 is 5.32 Å². The summed E-state index contributed by atoms with van der Waals surface area (Å²) in [6.45, 7) is 4.44. The minimum absolute atomic E-state index is 0.250. The molecule has 1 unspecified atom stereocenters. The number of nitrogens with zero attached hydrogens (tertiary/aromatic N) is 1. The van der Waals surface area contributed by atoms with E-state index in [0.717, 1.165) is 11.5 Å². The van der Waals surface area contributed by atoms with Gasteiger partial charge in [-0.3, -0.25) is 0 Å². The quantitative estimate of drug-likeness (QED) is 0.733. The number of nitrogens with one attached hydrogen (secondary N) is 1. The lowest BCUT2D eigenvalue weighted by atomic mass is 9.98. The van der Waals surface area contributed by atoms with Gasteiger partial charge in [0, 0.05) is 5.75 Å². The molecule has 2 nitrogen and oxygen atoms in total. The van der Waals surface area contributed by atoms with Gasteiger partial charge in [0.15, 0.2) is 0 Å². The maximum Gasteiger partial charge on any atom is 0.118 e. The lowest BCUT2D eigenvalue weighted by molar-refractivity contribution is 0.441. The lowest BCUT2D eigenvalue weighted by Gasteiger charge is -2.25. The summed E-state index contributed by atoms with van der Waals surface area (Å²) >= 11 is 1.90. The third-order valence-corrected chi connectivity index (χ3v) is 4.26. The zero-order chi connectivity index (χ0) is 10.6. The van der Waals surface area contributed by atoms with Gasteiger partial charge in [0.25, 0.3) is 0 Å². The molecule has 0 saturated heterocycles. The second-order valence-electron chi connectivity index (χ2n) is 4.52. The van der Waals surface area contributed by atoms with E-state index >= 15 is 0 Å². The lowest BCUT2D eigenvalue weighted by Crippen LogP contribution is -2.46. The molecule has 80 valence electrons. The summed E-state index contributed by atoms with van der Waals surface area (Å²) < 4.78 is 0. The molecule has 3 heteroatoms. The maximum atomic E-state index is 9.23. The summed E-state index contributed by atoms with van der Waals surface area (Å²) in [5, 5.41) is 12.4. The van der Waals surface area contributed by atoms with Crippen molar-refractivity contribution in [1.82, 2.24) is 5.32 Å². The molecule has 1 aliphatic carbocycles. The van der Waals surface area contributed by atoms with E-state index in [4.69, 9.17) is 0 Å². The summed E-state index contributed by atoms with van der Waals surface area (Å²) in [4.78, 5) is 0. The van der Waals surface area contributed by atoms with Crippen LogP contribution in [0.1, 0.15) is 26.7 Å². The number of rotatable bonds is 6. The summed E-state index contributed by atoms with van der Waals surface area (Å²) in [5.41, 5.74) is -0.250. The highest BCUT2D eigenvalue weighted by atomic mass is 32.2. The summed E-state index contributed by atoms with van der Waals surface area (Å²) in [5.74, 6) is 3.39. The molecule has 14 heavy (non-hydrogen) atoms. The number of hydrogen-bond acceptors (Lipinski definition) is 3. The third-order valence-electron chi connectivity index (χ3n) is 2.70. The zero-order valence-corrected chi connectivity index (χ0v) is 10.2. The molecule has 1 rings (SSSR count). The highest BCUT2D eigenvalue weighted by Crippen LogP contribution is 2.41. The van der Waals surface area contributed by atoms with E-state index in [1.165, 1.54) is 12.8 Å². The molecule has 1 saturated carbocycles. The van der Waals surface area contributed by atoms with E-state index in [-0.39, 0.29) is 5.54 Å². The molecular weight excluding hydrogens is 192 g/mol. The van der Waals surface area contributed by atoms with Gasteiger partial charge in [-0.15, -0.1) is 0 Å². The molecular formula is C11H20N2S. The van der Waals surface area contributed by atoms with Crippen LogP contribution in [0.5, 0.6) is 0 Å². The molecule has 1 N–H and O–H groups in total. The number of thioether (sulfide) groups is 1. The fourth-order valence-electron chi connectivity index (χ4n) is 1.61. The fourth-order valence-corrected chi connectivity index (χ4v) is 2.96. The minimum Gasteiger partial charge on any atom is -0.302 e. The van der Waals surface area contributed by atoms with Crippen LogP contribution in [0.4, 0.5) is 0 Å². The average Bonchev–Trinajstić information content (AvgIpc) is 2.96. The second kappa shape index (κ2) is 5.04. The maximum absolute atomic E-state index is 9.23. The highest BCUT2D eigenvalue weighted by molar-refractivity contribution is 7.99. The van der Waals surface area contributed by atoms with Gasteiger partial charge in [-0.2, -0.15) is 17.0 Å². The second-order valence-corrected chi connectivity index (χ2v) is 5.55. The Kier molecular flexibility index (Phi) is 4.28. The Labute approximate surface area is 91.4 Å². The summed E-state index contributed by atoms with van der Waals surface area (Å²) in [7, 11) is 1.91. The van der Waals surface area contributed by atoms with E-state index < -0.39 is 0 Å². The van der Waals surface area contributed by atoms with Crippen LogP contribution in [0.3, 0.4) is 0 Å². The van der Waals surface area contributed by atoms with Gasteiger partial charge in [-0.05, 0) is 37.5 Å². The van der Waals surface area contributed by atoms with Crippen molar-refractivity contribution in [2.24, 2.45) is 11.8 Å². The van der Waals surface area contributed by atoms with Crippen molar-refractivity contribution in [3.8, 4) is 6.07 Å². The first kappa shape index (κ1) is 11.9. The Morgan fingerprint density at radius 1 is 1.57 bits per heavy atom. The summed E-state index contributed by atoms with van der Waals surface area (Å²) in [6.07, 6.45) is 2.44. The Bertz CT molecular complexity index is 218. The van der Waals surface area contributed by atoms with Gasteiger partial charge in [-0.1, -0.05) is 13.8 Å². The molecule has 0 spiro atoms. The first-order valence-corrected chi connectivity index (χ1v) is 6.48. The van der Waals surface area contributed by atoms with Crippen LogP contribution in [-0.4, -0.2) is 24.1 Å². The molecule has 0 amide bonds. The van der Waals surface area contributed by atoms with Crippen molar-refractivity contribution in [1.29, 1.82) is 5.26 Å². The topological polar surface area (TPSA) is 35.8 Å². The van der Waals surface area contributed by atoms with E-state index in [2.05, 4.69) is 25.2 Å². The van der Waals surface area contributed by atoms with Crippen LogP contribution in [0.2, 0.25) is 0 Å². The molecule has 0 radical (unpaired) electrons. The van der Waals surface area contributed by atoms with Crippen LogP contribution in [0, 0.1) is 23.2 Å². The standard InChI is InChI=1S/C11H20N2S/c1-9(2)6-14-8-11(7-12,13-3)10-4-5-10/h9-10,13H,4-6,8H2,1-3H3. The van der Waals surface area contributed by atoms with Crippen molar-refractivity contribution in [2.75, 3.05) is 18.6 Å². The number of hydrogen-bond donors (Lipinski definition) is 1. The van der Waals surface area contributed by atoms with Crippen LogP contribution in [0.25, 0.3) is 0 Å². The SMILES string of the molecule is CNC(C#N)(CSCC(C)C)C1CC1. The highest BCUT2D eigenvalue weighted by Gasteiger charge is 2.44. The molecule has 0 bridgehead atoms. The third kappa shape index (κ3) is 2.90. The minimum atomic E-state index is -0.250. The Morgan fingerprint density at radius 2 is 2.21 bits per heavy atom. The van der Waals surface area contributed by atoms with Crippen LogP contribution in [-0.2, 0) is 0 Å². The zero-order valence-electron chi connectivity index (χ0n) is 9.34. The van der Waals surface area contributed by atoms with Crippen molar-refractivity contribution < 1.29 is 0 Å². The van der Waals surface area contributed by atoms with Gasteiger partial charge < -0.3 is 5.32 Å². The Morgan fingerprint density at radius 3 is 2.57 bits per heavy atom. The molecule has 1 atom stereocenters. The molecule has 0 aromatic heterocycles. The van der Waals surface area contributed by atoms with Crippen molar-refractivity contribution in [2.45, 2.75) is 32.2 Å². The molecule has 0 aliphatic heterocycles. The average molecular weight is 212 g/mol. The van der Waals surface area contributed by atoms with Gasteiger partial charge in [0.1, 0.15) is 5.54 Å². The number of nitriles is 1. The smallest absolute Gasteiger partial charge is 0.118 e. The predicted molar refractivity (Wildman–Crippen MR) is 62.3 cm³/mol. The first-order chi connectivity index (χ1) is 6.64. The van der Waals surface area contributed by atoms with Gasteiger partial charge >= 0.3 is 0 Å². The largest absolute Gasteiger partial charge is 0.302 e. The molecule has 1 aliphatic rings. The first-order valence-electron chi connectivity index (χ1n) is 5.32. The normalized spacial score (nSPS) is 20.5. The summed E-state index contributed by atoms with van der Waals surface area (Å²) in [6, 6.07) is 2.47. The van der Waals surface area contributed by atoms with E-state index in [9.17, 15) is 5.26 Å². The van der Waals surface area contributed by atoms with E-state index in [0.29, 0.717) is 11.8 Å². The van der Waals surface area contributed by atoms with E-state index in [1.54, 1.807) is 0 Å². The molecule has 0 aromatic carbocycles. The van der Waals surface area contributed by atoms with Gasteiger partial charge in [0.05, 0.1) is 6.07 Å². The Hall–Kier alpha value is -0.200. The monoisotopic (exact) mass is 212 g/mol. The fraction of sp³-hybridized carbons (Fsp3) is 0.909. The molecule has 0 aromatic rings. The van der Waals surface area contributed by atoms with E-state index in [1.807, 2.05) is 18.8 Å². The molecule has 1 fully saturated rings. The van der Waals surface area contributed by atoms with Crippen molar-refractivity contribution >= 4 is 11.8 Å². The van der Waals surface area contributed by atoms with Crippen molar-refractivity contribution in [3.05, 3.63) is 0 Å². The molecule has 0 heterocycles. The predicted octanol–water partition coefficient (Wildman–Crippen LogP) is 2.27.